The second-order valence-corrected chi connectivity index (χ2v) is 7.71. The monoisotopic (exact) mass is 461 g/mol. The number of ether oxygens (including phenoxy) is 1. The Morgan fingerprint density at radius 1 is 1.09 bits per heavy atom. The summed E-state index contributed by atoms with van der Waals surface area (Å²) in [5, 5.41) is 16.3. The number of halogens is 4. The lowest BCUT2D eigenvalue weighted by Crippen LogP contribution is -2.36. The van der Waals surface area contributed by atoms with E-state index in [1.165, 1.54) is 18.2 Å². The third-order valence-electron chi connectivity index (χ3n) is 5.54. The van der Waals surface area contributed by atoms with Crippen LogP contribution in [0.3, 0.4) is 0 Å². The van der Waals surface area contributed by atoms with Gasteiger partial charge >= 0.3 is 6.18 Å². The average Bonchev–Trinajstić information content (AvgIpc) is 3.24. The van der Waals surface area contributed by atoms with Crippen LogP contribution in [0.5, 0.6) is 5.75 Å². The largest absolute Gasteiger partial charge is 0.508 e. The Bertz CT molecular complexity index is 1220. The molecule has 1 atom stereocenters. The number of nitrogens with one attached hydrogen (secondary N) is 1. The van der Waals surface area contributed by atoms with Gasteiger partial charge in [0.2, 0.25) is 5.95 Å². The Kier molecular flexibility index (Phi) is 5.20. The molecule has 2 aromatic carbocycles. The quantitative estimate of drug-likeness (QED) is 0.574. The molecule has 3 heterocycles. The van der Waals surface area contributed by atoms with Crippen LogP contribution in [0.1, 0.15) is 23.0 Å². The maximum atomic E-state index is 15.0. The molecule has 1 fully saturated rings. The summed E-state index contributed by atoms with van der Waals surface area (Å²) in [4.78, 5) is 5.49. The second-order valence-electron chi connectivity index (χ2n) is 7.71. The lowest BCUT2D eigenvalue weighted by molar-refractivity contribution is -0.145. The lowest BCUT2D eigenvalue weighted by atomic mass is 10.0. The first kappa shape index (κ1) is 21.3. The van der Waals surface area contributed by atoms with Gasteiger partial charge < -0.3 is 20.1 Å². The third-order valence-corrected chi connectivity index (χ3v) is 5.54. The van der Waals surface area contributed by atoms with Crippen molar-refractivity contribution in [3.05, 3.63) is 71.3 Å². The van der Waals surface area contributed by atoms with E-state index in [9.17, 15) is 22.7 Å². The number of aromatic hydroxyl groups is 1. The molecule has 0 unspecified atom stereocenters. The van der Waals surface area contributed by atoms with E-state index in [2.05, 4.69) is 15.4 Å². The molecule has 0 amide bonds. The number of anilines is 2. The fraction of sp³-hybridized carbons (Fsp3) is 0.273. The van der Waals surface area contributed by atoms with Crippen LogP contribution in [0.4, 0.5) is 29.2 Å². The fourth-order valence-electron chi connectivity index (χ4n) is 3.96. The molecule has 0 saturated carbocycles. The highest BCUT2D eigenvalue weighted by molar-refractivity contribution is 5.78. The molecule has 0 bridgehead atoms. The maximum absolute atomic E-state index is 15.0. The summed E-state index contributed by atoms with van der Waals surface area (Å²) in [6.45, 7) is 2.16. The minimum Gasteiger partial charge on any atom is -0.508 e. The molecule has 2 aliphatic rings. The van der Waals surface area contributed by atoms with E-state index in [-0.39, 0.29) is 11.7 Å². The van der Waals surface area contributed by atoms with Crippen LogP contribution in [0.15, 0.2) is 48.5 Å². The Morgan fingerprint density at radius 2 is 1.88 bits per heavy atom. The number of allylic oxidation sites excluding steroid dienone is 1. The first-order valence-electron chi connectivity index (χ1n) is 10.2. The molecule has 2 N–H and O–H groups in total. The molecule has 33 heavy (non-hydrogen) atoms. The number of benzene rings is 2. The number of rotatable bonds is 3. The van der Waals surface area contributed by atoms with Crippen LogP contribution in [-0.2, 0) is 10.9 Å². The number of phenols is 1. The van der Waals surface area contributed by atoms with Gasteiger partial charge in [0.05, 0.1) is 18.9 Å². The Labute approximate surface area is 185 Å². The van der Waals surface area contributed by atoms with Crippen LogP contribution in [0, 0.1) is 5.82 Å². The van der Waals surface area contributed by atoms with E-state index >= 15 is 0 Å². The minimum absolute atomic E-state index is 0.0420. The topological polar surface area (TPSA) is 75.4 Å². The number of alkyl halides is 3. The summed E-state index contributed by atoms with van der Waals surface area (Å²) in [7, 11) is 0. The average molecular weight is 461 g/mol. The minimum atomic E-state index is -4.73. The van der Waals surface area contributed by atoms with E-state index in [1.54, 1.807) is 30.3 Å². The smallest absolute Gasteiger partial charge is 0.453 e. The summed E-state index contributed by atoms with van der Waals surface area (Å²) in [6, 6.07) is 10.0. The molecule has 7 nitrogen and oxygen atoms in total. The fourth-order valence-corrected chi connectivity index (χ4v) is 3.96. The number of phenolic OH excluding ortho intramolecular Hbond substituents is 1. The van der Waals surface area contributed by atoms with E-state index < -0.39 is 23.9 Å². The van der Waals surface area contributed by atoms with Crippen LogP contribution in [0.25, 0.3) is 5.70 Å². The molecule has 172 valence electrons. The zero-order valence-electron chi connectivity index (χ0n) is 17.2. The van der Waals surface area contributed by atoms with Crippen molar-refractivity contribution in [2.24, 2.45) is 0 Å². The molecule has 11 heteroatoms. The van der Waals surface area contributed by atoms with Gasteiger partial charge in [-0.1, -0.05) is 18.2 Å². The summed E-state index contributed by atoms with van der Waals surface area (Å²) < 4.78 is 61.2. The van der Waals surface area contributed by atoms with E-state index in [0.29, 0.717) is 48.8 Å². The summed E-state index contributed by atoms with van der Waals surface area (Å²) >= 11 is 0. The van der Waals surface area contributed by atoms with Crippen LogP contribution in [-0.4, -0.2) is 46.2 Å². The molecule has 1 aromatic heterocycles. The normalized spacial score (nSPS) is 18.5. The van der Waals surface area contributed by atoms with Crippen LogP contribution < -0.4 is 10.2 Å². The number of morpholine rings is 1. The Balaban J connectivity index is 1.55. The molecule has 0 aliphatic carbocycles. The number of nitrogens with zero attached hydrogens (tertiary/aromatic N) is 4. The maximum Gasteiger partial charge on any atom is 0.453 e. The highest BCUT2D eigenvalue weighted by Crippen LogP contribution is 2.37. The van der Waals surface area contributed by atoms with Crippen molar-refractivity contribution in [2.45, 2.75) is 12.2 Å². The first-order chi connectivity index (χ1) is 15.8. The standard InChI is InChI=1S/C22H19F4N5O2/c23-16-11-13(4-5-18(16)30-6-8-33-9-7-30)17-12-19(14-2-1-3-15(32)10-14)31-21(27-17)28-20(29-31)22(24,25)26/h1-5,10-12,19,32H,6-9H2,(H,27,28,29)/t19-/m0/s1. The zero-order valence-corrected chi connectivity index (χ0v) is 17.2. The van der Waals surface area contributed by atoms with Crippen molar-refractivity contribution in [3.63, 3.8) is 0 Å². The number of aromatic nitrogens is 3. The van der Waals surface area contributed by atoms with Gasteiger partial charge in [0.25, 0.3) is 5.82 Å². The molecular weight excluding hydrogens is 442 g/mol. The van der Waals surface area contributed by atoms with E-state index in [1.807, 2.05) is 4.90 Å². The van der Waals surface area contributed by atoms with Crippen molar-refractivity contribution in [2.75, 3.05) is 36.5 Å². The van der Waals surface area contributed by atoms with Crippen molar-refractivity contribution < 1.29 is 27.4 Å². The molecule has 3 aromatic rings. The van der Waals surface area contributed by atoms with Gasteiger partial charge in [-0.3, -0.25) is 0 Å². The van der Waals surface area contributed by atoms with Gasteiger partial charge in [-0.2, -0.15) is 18.2 Å². The number of fused-ring (bicyclic) bond motifs is 1. The second kappa shape index (κ2) is 8.07. The molecule has 0 spiro atoms. The van der Waals surface area contributed by atoms with Crippen molar-refractivity contribution in [3.8, 4) is 5.75 Å². The summed E-state index contributed by atoms with van der Waals surface area (Å²) in [5.41, 5.74) is 1.76. The van der Waals surface area contributed by atoms with Crippen LogP contribution >= 0.6 is 0 Å². The van der Waals surface area contributed by atoms with Crippen LogP contribution in [0.2, 0.25) is 0 Å². The van der Waals surface area contributed by atoms with Crippen molar-refractivity contribution >= 4 is 17.3 Å². The Hall–Kier alpha value is -3.60. The predicted octanol–water partition coefficient (Wildman–Crippen LogP) is 4.03. The van der Waals surface area contributed by atoms with E-state index in [4.69, 9.17) is 4.74 Å². The summed E-state index contributed by atoms with van der Waals surface area (Å²) in [5.74, 6) is -1.92. The highest BCUT2D eigenvalue weighted by Gasteiger charge is 2.39. The lowest BCUT2D eigenvalue weighted by Gasteiger charge is -2.29. The zero-order chi connectivity index (χ0) is 23.2. The number of hydrogen-bond acceptors (Lipinski definition) is 6. The van der Waals surface area contributed by atoms with Crippen molar-refractivity contribution in [1.29, 1.82) is 0 Å². The van der Waals surface area contributed by atoms with Gasteiger partial charge in [0.1, 0.15) is 17.6 Å². The highest BCUT2D eigenvalue weighted by atomic mass is 19.4. The molecular formula is C22H19F4N5O2. The SMILES string of the molecule is Oc1cccc([C@@H]2C=C(c3ccc(N4CCOCC4)c(F)c3)Nc3nc(C(F)(F)F)nn32)c1. The number of hydrogen-bond donors (Lipinski definition) is 2. The molecule has 1 saturated heterocycles. The van der Waals surface area contributed by atoms with Gasteiger partial charge in [0, 0.05) is 24.4 Å². The summed E-state index contributed by atoms with van der Waals surface area (Å²) in [6.07, 6.45) is -3.11. The third kappa shape index (κ3) is 4.11. The Morgan fingerprint density at radius 3 is 2.58 bits per heavy atom. The first-order valence-corrected chi connectivity index (χ1v) is 10.2. The van der Waals surface area contributed by atoms with Gasteiger partial charge in [0.15, 0.2) is 0 Å². The predicted molar refractivity (Wildman–Crippen MR) is 112 cm³/mol. The van der Waals surface area contributed by atoms with Gasteiger partial charge in [-0.15, -0.1) is 5.10 Å². The van der Waals surface area contributed by atoms with Gasteiger partial charge in [-0.05, 0) is 35.9 Å². The molecule has 2 aliphatic heterocycles. The molecule has 0 radical (unpaired) electrons. The van der Waals surface area contributed by atoms with E-state index in [0.717, 1.165) is 4.68 Å². The van der Waals surface area contributed by atoms with Gasteiger partial charge in [-0.25, -0.2) is 9.07 Å². The molecule has 5 rings (SSSR count). The van der Waals surface area contributed by atoms with Crippen molar-refractivity contribution in [1.82, 2.24) is 14.8 Å².